The number of hydrogen-bond donors (Lipinski definition) is 0. The summed E-state index contributed by atoms with van der Waals surface area (Å²) in [5.74, 6) is 1.74. The molecule has 0 saturated heterocycles. The van der Waals surface area contributed by atoms with E-state index in [9.17, 15) is 0 Å². The molecule has 0 unspecified atom stereocenters. The van der Waals surface area contributed by atoms with Gasteiger partial charge in [-0.25, -0.2) is 0 Å². The summed E-state index contributed by atoms with van der Waals surface area (Å²) >= 11 is 0. The number of rotatable bonds is 1. The van der Waals surface area contributed by atoms with E-state index < -0.39 is 0 Å². The Kier molecular flexibility index (Phi) is 4.22. The van der Waals surface area contributed by atoms with Gasteiger partial charge in [-0.3, -0.25) is 4.98 Å². The van der Waals surface area contributed by atoms with E-state index in [4.69, 9.17) is 4.74 Å². The molecule has 1 aliphatic rings. The van der Waals surface area contributed by atoms with Crippen molar-refractivity contribution in [1.29, 1.82) is 0 Å². The topological polar surface area (TPSA) is 25.4 Å². The molecule has 0 fully saturated rings. The summed E-state index contributed by atoms with van der Waals surface area (Å²) in [6.45, 7) is 15.3. The maximum Gasteiger partial charge on any atom is 0.154 e. The van der Waals surface area contributed by atoms with E-state index in [2.05, 4.69) is 81.8 Å². The van der Waals surface area contributed by atoms with Gasteiger partial charge in [0.15, 0.2) is 11.5 Å². The van der Waals surface area contributed by atoms with Gasteiger partial charge in [0.25, 0.3) is 0 Å². The molecule has 0 N–H and O–H groups in total. The van der Waals surface area contributed by atoms with Crippen LogP contribution in [0.25, 0.3) is 0 Å². The largest absolute Gasteiger partial charge is 0.453 e. The summed E-state index contributed by atoms with van der Waals surface area (Å²) in [6, 6.07) is 13.0. The van der Waals surface area contributed by atoms with Crippen LogP contribution in [0.5, 0.6) is 11.5 Å². The fourth-order valence-electron chi connectivity index (χ4n) is 3.90. The second-order valence-electron chi connectivity index (χ2n) is 8.91. The third-order valence-corrected chi connectivity index (χ3v) is 5.38. The van der Waals surface area contributed by atoms with E-state index in [0.717, 1.165) is 28.6 Å². The summed E-state index contributed by atoms with van der Waals surface area (Å²) in [7, 11) is 0. The molecule has 0 radical (unpaired) electrons. The lowest BCUT2D eigenvalue weighted by molar-refractivity contribution is 0.475. The summed E-state index contributed by atoms with van der Waals surface area (Å²) in [4.78, 5) is 6.86. The fourth-order valence-corrected chi connectivity index (χ4v) is 3.90. The first-order chi connectivity index (χ1) is 13.1. The fraction of sp³-hybridized carbons (Fsp3) is 0.320. The van der Waals surface area contributed by atoms with Crippen molar-refractivity contribution in [3.05, 3.63) is 70.5 Å². The number of aromatic nitrogens is 1. The number of aryl methyl sites for hydroxylation is 4. The van der Waals surface area contributed by atoms with E-state index in [1.165, 1.54) is 27.9 Å². The molecule has 1 aliphatic heterocycles. The van der Waals surface area contributed by atoms with E-state index >= 15 is 0 Å². The minimum atomic E-state index is 0.116. The lowest BCUT2D eigenvalue weighted by Gasteiger charge is -2.35. The van der Waals surface area contributed by atoms with Crippen molar-refractivity contribution < 1.29 is 4.74 Å². The number of anilines is 3. The van der Waals surface area contributed by atoms with Gasteiger partial charge in [-0.05, 0) is 67.5 Å². The normalized spacial score (nSPS) is 13.0. The number of nitrogens with zero attached hydrogens (tertiary/aromatic N) is 2. The van der Waals surface area contributed by atoms with Crippen molar-refractivity contribution in [2.24, 2.45) is 0 Å². The highest BCUT2D eigenvalue weighted by Gasteiger charge is 2.29. The zero-order chi connectivity index (χ0) is 20.2. The molecule has 0 atom stereocenters. The Morgan fingerprint density at radius 1 is 0.821 bits per heavy atom. The van der Waals surface area contributed by atoms with Gasteiger partial charge < -0.3 is 9.64 Å². The van der Waals surface area contributed by atoms with Gasteiger partial charge in [0.05, 0.1) is 17.6 Å². The van der Waals surface area contributed by atoms with Crippen LogP contribution in [0.2, 0.25) is 0 Å². The number of fused-ring (bicyclic) bond motifs is 2. The predicted octanol–water partition coefficient (Wildman–Crippen LogP) is 7.19. The molecule has 0 amide bonds. The third kappa shape index (κ3) is 3.05. The number of hydrogen-bond acceptors (Lipinski definition) is 3. The van der Waals surface area contributed by atoms with Crippen LogP contribution in [0, 0.1) is 27.7 Å². The SMILES string of the molecule is Cc1ccc2c(c1)Oc1cc(C)ncc1N2c1c(C)cc(C(C)(C)C)cc1C. The molecule has 2 aromatic carbocycles. The maximum atomic E-state index is 6.27. The van der Waals surface area contributed by atoms with E-state index in [1.54, 1.807) is 0 Å². The van der Waals surface area contributed by atoms with Gasteiger partial charge in [0.2, 0.25) is 0 Å². The van der Waals surface area contributed by atoms with Crippen LogP contribution in [0.3, 0.4) is 0 Å². The molecule has 1 aromatic heterocycles. The molecular weight excluding hydrogens is 344 g/mol. The zero-order valence-corrected chi connectivity index (χ0v) is 17.8. The highest BCUT2D eigenvalue weighted by molar-refractivity contribution is 5.88. The smallest absolute Gasteiger partial charge is 0.154 e. The molecule has 3 heteroatoms. The summed E-state index contributed by atoms with van der Waals surface area (Å²) in [5.41, 5.74) is 9.35. The number of ether oxygens (including phenoxy) is 1. The van der Waals surface area contributed by atoms with Crippen molar-refractivity contribution in [2.45, 2.75) is 53.9 Å². The van der Waals surface area contributed by atoms with Crippen molar-refractivity contribution >= 4 is 17.1 Å². The minimum Gasteiger partial charge on any atom is -0.453 e. The molecule has 0 bridgehead atoms. The Balaban J connectivity index is 1.98. The van der Waals surface area contributed by atoms with Crippen molar-refractivity contribution in [2.75, 3.05) is 4.90 Å². The van der Waals surface area contributed by atoms with E-state index in [1.807, 2.05) is 19.2 Å². The Labute approximate surface area is 168 Å². The van der Waals surface area contributed by atoms with Gasteiger partial charge in [-0.2, -0.15) is 0 Å². The first-order valence-electron chi connectivity index (χ1n) is 9.82. The Hall–Kier alpha value is -2.81. The Bertz CT molecular complexity index is 1000. The zero-order valence-electron chi connectivity index (χ0n) is 17.8. The molecule has 3 aromatic rings. The monoisotopic (exact) mass is 372 g/mol. The van der Waals surface area contributed by atoms with Crippen LogP contribution in [-0.2, 0) is 5.41 Å². The Morgan fingerprint density at radius 3 is 2.11 bits per heavy atom. The second-order valence-corrected chi connectivity index (χ2v) is 8.91. The van der Waals surface area contributed by atoms with Gasteiger partial charge in [0, 0.05) is 11.8 Å². The predicted molar refractivity (Wildman–Crippen MR) is 117 cm³/mol. The van der Waals surface area contributed by atoms with Crippen molar-refractivity contribution in [3.8, 4) is 11.5 Å². The van der Waals surface area contributed by atoms with Crippen LogP contribution >= 0.6 is 0 Å². The highest BCUT2D eigenvalue weighted by Crippen LogP contribution is 2.52. The second kappa shape index (κ2) is 6.37. The molecular formula is C25H28N2O. The standard InChI is InChI=1S/C25H28N2O/c1-15-8-9-20-22(10-15)28-23-13-18(4)26-14-21(23)27(20)24-16(2)11-19(12-17(24)3)25(5,6)7/h8-14H,1-7H3. The lowest BCUT2D eigenvalue weighted by Crippen LogP contribution is -2.19. The molecule has 4 rings (SSSR count). The molecule has 0 spiro atoms. The quantitative estimate of drug-likeness (QED) is 0.353. The van der Waals surface area contributed by atoms with E-state index in [0.29, 0.717) is 0 Å². The lowest BCUT2D eigenvalue weighted by atomic mass is 9.84. The first kappa shape index (κ1) is 18.5. The van der Waals surface area contributed by atoms with Crippen molar-refractivity contribution in [1.82, 2.24) is 4.98 Å². The number of benzene rings is 2. The van der Waals surface area contributed by atoms with Crippen molar-refractivity contribution in [3.63, 3.8) is 0 Å². The highest BCUT2D eigenvalue weighted by atomic mass is 16.5. The van der Waals surface area contributed by atoms with Crippen LogP contribution in [0.4, 0.5) is 17.1 Å². The molecule has 144 valence electrons. The van der Waals surface area contributed by atoms with Crippen LogP contribution < -0.4 is 9.64 Å². The molecule has 2 heterocycles. The third-order valence-electron chi connectivity index (χ3n) is 5.38. The number of pyridine rings is 1. The van der Waals surface area contributed by atoms with Crippen LogP contribution in [-0.4, -0.2) is 4.98 Å². The van der Waals surface area contributed by atoms with Gasteiger partial charge in [-0.1, -0.05) is 39.0 Å². The summed E-state index contributed by atoms with van der Waals surface area (Å²) in [5, 5.41) is 0. The van der Waals surface area contributed by atoms with Gasteiger partial charge >= 0.3 is 0 Å². The molecule has 3 nitrogen and oxygen atoms in total. The summed E-state index contributed by atoms with van der Waals surface area (Å²) < 4.78 is 6.27. The van der Waals surface area contributed by atoms with Gasteiger partial charge in [0.1, 0.15) is 5.69 Å². The Morgan fingerprint density at radius 2 is 1.46 bits per heavy atom. The average Bonchev–Trinajstić information content (AvgIpc) is 2.59. The van der Waals surface area contributed by atoms with Crippen LogP contribution in [0.1, 0.15) is 48.7 Å². The van der Waals surface area contributed by atoms with Crippen LogP contribution in [0.15, 0.2) is 42.6 Å². The minimum absolute atomic E-state index is 0.116. The summed E-state index contributed by atoms with van der Waals surface area (Å²) in [6.07, 6.45) is 1.92. The molecule has 0 saturated carbocycles. The molecule has 28 heavy (non-hydrogen) atoms. The van der Waals surface area contributed by atoms with Gasteiger partial charge in [-0.15, -0.1) is 0 Å². The van der Waals surface area contributed by atoms with E-state index in [-0.39, 0.29) is 5.41 Å². The molecule has 0 aliphatic carbocycles. The maximum absolute atomic E-state index is 6.27. The first-order valence-corrected chi connectivity index (χ1v) is 9.82. The average molecular weight is 373 g/mol.